The van der Waals surface area contributed by atoms with Crippen molar-refractivity contribution < 1.29 is 9.53 Å². The maximum Gasteiger partial charge on any atom is 0.230 e. The molecule has 2 rings (SSSR count). The molecule has 20 heavy (non-hydrogen) atoms. The Morgan fingerprint density at radius 2 is 2.40 bits per heavy atom. The summed E-state index contributed by atoms with van der Waals surface area (Å²) in [6.45, 7) is 6.86. The lowest BCUT2D eigenvalue weighted by molar-refractivity contribution is -0.120. The van der Waals surface area contributed by atoms with Gasteiger partial charge in [0.15, 0.2) is 5.82 Å². The number of aromatic amines is 1. The number of carbonyl (C=O) groups is 1. The van der Waals surface area contributed by atoms with Crippen molar-refractivity contribution >= 4 is 17.7 Å². The minimum absolute atomic E-state index is 0.00492. The molecule has 1 saturated heterocycles. The van der Waals surface area contributed by atoms with Gasteiger partial charge in [0, 0.05) is 12.1 Å². The fourth-order valence-corrected chi connectivity index (χ4v) is 2.50. The summed E-state index contributed by atoms with van der Waals surface area (Å²) in [7, 11) is 0. The number of hydrogen-bond acceptors (Lipinski definition) is 5. The molecule has 112 valence electrons. The van der Waals surface area contributed by atoms with Gasteiger partial charge in [-0.15, -0.1) is 5.10 Å². The monoisotopic (exact) mass is 298 g/mol. The number of amides is 1. The van der Waals surface area contributed by atoms with E-state index in [4.69, 9.17) is 4.74 Å². The van der Waals surface area contributed by atoms with E-state index >= 15 is 0 Å². The van der Waals surface area contributed by atoms with Crippen LogP contribution < -0.4 is 5.32 Å². The Hall–Kier alpha value is -1.08. The molecule has 6 nitrogen and oxygen atoms in total. The van der Waals surface area contributed by atoms with Crippen LogP contribution in [0, 0.1) is 0 Å². The number of carbonyl (C=O) groups excluding carboxylic acids is 1. The molecule has 1 aromatic rings. The molecule has 0 saturated carbocycles. The van der Waals surface area contributed by atoms with Crippen LogP contribution in [0.1, 0.15) is 52.0 Å². The summed E-state index contributed by atoms with van der Waals surface area (Å²) >= 11 is 1.34. The van der Waals surface area contributed by atoms with E-state index in [0.717, 1.165) is 31.7 Å². The number of nitrogens with zero attached hydrogens (tertiary/aromatic N) is 2. The molecule has 0 spiro atoms. The zero-order valence-corrected chi connectivity index (χ0v) is 13.0. The average Bonchev–Trinajstić information content (AvgIpc) is 3.06. The molecule has 0 aliphatic carbocycles. The van der Waals surface area contributed by atoms with E-state index in [2.05, 4.69) is 27.4 Å². The maximum atomic E-state index is 11.8. The number of rotatable bonds is 6. The summed E-state index contributed by atoms with van der Waals surface area (Å²) in [6, 6.07) is 0. The second kappa shape index (κ2) is 6.58. The highest BCUT2D eigenvalue weighted by molar-refractivity contribution is 7.99. The Morgan fingerprint density at radius 3 is 3.05 bits per heavy atom. The summed E-state index contributed by atoms with van der Waals surface area (Å²) in [5, 5.41) is 10.6. The third kappa shape index (κ3) is 4.21. The van der Waals surface area contributed by atoms with Crippen LogP contribution in [-0.4, -0.2) is 39.0 Å². The van der Waals surface area contributed by atoms with Crippen LogP contribution in [0.2, 0.25) is 0 Å². The first-order valence-corrected chi connectivity index (χ1v) is 7.96. The lowest BCUT2D eigenvalue weighted by atomic mass is 10.0. The molecule has 1 fully saturated rings. The van der Waals surface area contributed by atoms with Gasteiger partial charge < -0.3 is 10.1 Å². The number of H-pyrrole nitrogens is 1. The molecule has 0 radical (unpaired) electrons. The minimum Gasteiger partial charge on any atom is -0.370 e. The van der Waals surface area contributed by atoms with Crippen LogP contribution in [0.5, 0.6) is 0 Å². The van der Waals surface area contributed by atoms with Gasteiger partial charge >= 0.3 is 0 Å². The first-order valence-electron chi connectivity index (χ1n) is 6.98. The van der Waals surface area contributed by atoms with Crippen LogP contribution >= 0.6 is 11.8 Å². The largest absolute Gasteiger partial charge is 0.370 e. The highest BCUT2D eigenvalue weighted by Crippen LogP contribution is 2.26. The zero-order valence-electron chi connectivity index (χ0n) is 12.2. The summed E-state index contributed by atoms with van der Waals surface area (Å²) in [5.74, 6) is 1.09. The SMILES string of the molecule is CCC(C)(C)NC(=O)CSc1n[nH]c(C2CCCO2)n1. The van der Waals surface area contributed by atoms with Gasteiger partial charge in [0.2, 0.25) is 11.1 Å². The van der Waals surface area contributed by atoms with E-state index in [1.807, 2.05) is 13.8 Å². The van der Waals surface area contributed by atoms with E-state index in [1.54, 1.807) is 0 Å². The topological polar surface area (TPSA) is 79.9 Å². The Bertz CT molecular complexity index is 455. The summed E-state index contributed by atoms with van der Waals surface area (Å²) in [6.07, 6.45) is 2.96. The Labute approximate surface area is 123 Å². The van der Waals surface area contributed by atoms with Crippen molar-refractivity contribution in [2.45, 2.75) is 56.8 Å². The van der Waals surface area contributed by atoms with Gasteiger partial charge in [-0.2, -0.15) is 0 Å². The predicted octanol–water partition coefficient (Wildman–Crippen LogP) is 2.05. The van der Waals surface area contributed by atoms with Gasteiger partial charge in [-0.3, -0.25) is 9.89 Å². The van der Waals surface area contributed by atoms with Crippen molar-refractivity contribution in [3.63, 3.8) is 0 Å². The smallest absolute Gasteiger partial charge is 0.230 e. The molecule has 7 heteroatoms. The number of ether oxygens (including phenoxy) is 1. The lowest BCUT2D eigenvalue weighted by Crippen LogP contribution is -2.43. The molecule has 2 N–H and O–H groups in total. The van der Waals surface area contributed by atoms with Gasteiger partial charge in [0.25, 0.3) is 0 Å². The fourth-order valence-electron chi connectivity index (χ4n) is 1.89. The van der Waals surface area contributed by atoms with Crippen molar-refractivity contribution in [1.29, 1.82) is 0 Å². The number of hydrogen-bond donors (Lipinski definition) is 2. The molecule has 0 aromatic carbocycles. The number of aromatic nitrogens is 3. The number of nitrogens with one attached hydrogen (secondary N) is 2. The number of thioether (sulfide) groups is 1. The van der Waals surface area contributed by atoms with Crippen molar-refractivity contribution in [3.05, 3.63) is 5.82 Å². The predicted molar refractivity (Wildman–Crippen MR) is 77.5 cm³/mol. The van der Waals surface area contributed by atoms with Gasteiger partial charge in [0.05, 0.1) is 5.75 Å². The Kier molecular flexibility index (Phi) is 5.04. The van der Waals surface area contributed by atoms with E-state index in [1.165, 1.54) is 11.8 Å². The average molecular weight is 298 g/mol. The van der Waals surface area contributed by atoms with Gasteiger partial charge in [-0.05, 0) is 33.1 Å². The molecular weight excluding hydrogens is 276 g/mol. The van der Waals surface area contributed by atoms with Gasteiger partial charge in [0.1, 0.15) is 6.10 Å². The molecule has 1 amide bonds. The third-order valence-electron chi connectivity index (χ3n) is 3.41. The molecule has 1 atom stereocenters. The lowest BCUT2D eigenvalue weighted by Gasteiger charge is -2.24. The molecule has 2 heterocycles. The van der Waals surface area contributed by atoms with E-state index < -0.39 is 0 Å². The molecular formula is C13H22N4O2S. The van der Waals surface area contributed by atoms with Crippen LogP contribution in [0.4, 0.5) is 0 Å². The Balaban J connectivity index is 1.80. The second-order valence-corrected chi connectivity index (χ2v) is 6.52. The standard InChI is InChI=1S/C13H22N4O2S/c1-4-13(2,3)15-10(18)8-20-12-14-11(16-17-12)9-6-5-7-19-9/h9H,4-8H2,1-3H3,(H,15,18)(H,14,16,17). The van der Waals surface area contributed by atoms with Crippen LogP contribution in [-0.2, 0) is 9.53 Å². The zero-order chi connectivity index (χ0) is 14.6. The molecule has 1 unspecified atom stereocenters. The summed E-state index contributed by atoms with van der Waals surface area (Å²) in [4.78, 5) is 16.2. The quantitative estimate of drug-likeness (QED) is 0.786. The third-order valence-corrected chi connectivity index (χ3v) is 4.26. The second-order valence-electron chi connectivity index (χ2n) is 5.58. The van der Waals surface area contributed by atoms with Gasteiger partial charge in [-0.25, -0.2) is 4.98 Å². The maximum absolute atomic E-state index is 11.8. The normalized spacial score (nSPS) is 19.2. The molecule has 0 bridgehead atoms. The first-order chi connectivity index (χ1) is 9.50. The molecule has 1 aliphatic rings. The van der Waals surface area contributed by atoms with Crippen molar-refractivity contribution in [2.75, 3.05) is 12.4 Å². The van der Waals surface area contributed by atoms with Crippen LogP contribution in [0.15, 0.2) is 5.16 Å². The Morgan fingerprint density at radius 1 is 1.60 bits per heavy atom. The minimum atomic E-state index is -0.167. The highest BCUT2D eigenvalue weighted by atomic mass is 32.2. The fraction of sp³-hybridized carbons (Fsp3) is 0.769. The van der Waals surface area contributed by atoms with E-state index in [0.29, 0.717) is 10.9 Å². The van der Waals surface area contributed by atoms with Crippen molar-refractivity contribution in [3.8, 4) is 0 Å². The molecule has 1 aliphatic heterocycles. The van der Waals surface area contributed by atoms with E-state index in [9.17, 15) is 4.79 Å². The van der Waals surface area contributed by atoms with Crippen molar-refractivity contribution in [2.24, 2.45) is 0 Å². The summed E-state index contributed by atoms with van der Waals surface area (Å²) < 4.78 is 5.54. The molecule has 1 aromatic heterocycles. The van der Waals surface area contributed by atoms with Crippen LogP contribution in [0.25, 0.3) is 0 Å². The highest BCUT2D eigenvalue weighted by Gasteiger charge is 2.22. The van der Waals surface area contributed by atoms with Crippen molar-refractivity contribution in [1.82, 2.24) is 20.5 Å². The van der Waals surface area contributed by atoms with Gasteiger partial charge in [-0.1, -0.05) is 18.7 Å². The summed E-state index contributed by atoms with van der Waals surface area (Å²) in [5.41, 5.74) is -0.167. The first kappa shape index (κ1) is 15.3. The van der Waals surface area contributed by atoms with E-state index in [-0.39, 0.29) is 17.6 Å². The van der Waals surface area contributed by atoms with Crippen LogP contribution in [0.3, 0.4) is 0 Å².